The number of carbonyl (C=O) groups excluding carboxylic acids is 1. The fraction of sp³-hybridized carbons (Fsp3) is 0.0870. The third-order valence-electron chi connectivity index (χ3n) is 4.76. The molecule has 0 atom stereocenters. The van der Waals surface area contributed by atoms with Gasteiger partial charge in [0, 0.05) is 41.6 Å². The van der Waals surface area contributed by atoms with Crippen LogP contribution >= 0.6 is 11.6 Å². The highest BCUT2D eigenvalue weighted by atomic mass is 35.5. The lowest BCUT2D eigenvalue weighted by Crippen LogP contribution is -2.26. The number of pyridine rings is 2. The minimum atomic E-state index is -5.08. The number of hydrogen-bond donors (Lipinski definition) is 3. The van der Waals surface area contributed by atoms with Gasteiger partial charge in [0.2, 0.25) is 5.43 Å². The van der Waals surface area contributed by atoms with E-state index in [1.54, 1.807) is 18.2 Å². The van der Waals surface area contributed by atoms with Crippen LogP contribution in [0, 0.1) is 0 Å². The Balaban J connectivity index is 0.000000479. The highest BCUT2D eigenvalue weighted by Crippen LogP contribution is 2.16. The van der Waals surface area contributed by atoms with Crippen molar-refractivity contribution in [1.29, 1.82) is 0 Å². The molecule has 1 aromatic carbocycles. The lowest BCUT2D eigenvalue weighted by Gasteiger charge is -2.12. The number of hydrogen-bond acceptors (Lipinski definition) is 6. The van der Waals surface area contributed by atoms with Crippen LogP contribution < -0.4 is 16.3 Å². The van der Waals surface area contributed by atoms with E-state index in [2.05, 4.69) is 10.3 Å². The van der Waals surface area contributed by atoms with Gasteiger partial charge >= 0.3 is 12.1 Å². The molecule has 14 heteroatoms. The zero-order chi connectivity index (χ0) is 27.3. The third-order valence-corrected chi connectivity index (χ3v) is 4.99. The molecule has 0 saturated heterocycles. The quantitative estimate of drug-likeness (QED) is 0.363. The van der Waals surface area contributed by atoms with Crippen molar-refractivity contribution in [1.82, 2.24) is 14.0 Å². The molecule has 4 rings (SSSR count). The molecule has 3 N–H and O–H groups in total. The van der Waals surface area contributed by atoms with E-state index in [-0.39, 0.29) is 17.7 Å². The molecule has 0 aliphatic carbocycles. The van der Waals surface area contributed by atoms with Gasteiger partial charge in [-0.25, -0.2) is 4.79 Å². The van der Waals surface area contributed by atoms with E-state index in [4.69, 9.17) is 21.5 Å². The second kappa shape index (κ2) is 11.0. The molecule has 3 aromatic heterocycles. The summed E-state index contributed by atoms with van der Waals surface area (Å²) >= 11 is 5.98. The van der Waals surface area contributed by atoms with Crippen LogP contribution in [0.1, 0.15) is 15.9 Å². The number of carboxylic acids is 1. The fourth-order valence-electron chi connectivity index (χ4n) is 3.05. The number of anilines is 1. The smallest absolute Gasteiger partial charge is 0.490 e. The van der Waals surface area contributed by atoms with Crippen LogP contribution in [0.5, 0.6) is 5.75 Å². The Bertz CT molecular complexity index is 1590. The number of aromatic hydroxyl groups is 1. The van der Waals surface area contributed by atoms with Crippen molar-refractivity contribution in [3.8, 4) is 5.75 Å². The Morgan fingerprint density at radius 3 is 2.32 bits per heavy atom. The van der Waals surface area contributed by atoms with Gasteiger partial charge < -0.3 is 24.5 Å². The molecule has 0 bridgehead atoms. The van der Waals surface area contributed by atoms with Gasteiger partial charge in [0.15, 0.2) is 11.3 Å². The van der Waals surface area contributed by atoms with Crippen LogP contribution in [0.2, 0.25) is 5.02 Å². The minimum Gasteiger partial charge on any atom is -0.502 e. The molecule has 10 nitrogen and oxygen atoms in total. The number of halogens is 4. The molecule has 4 aromatic rings. The van der Waals surface area contributed by atoms with Gasteiger partial charge in [0.1, 0.15) is 5.69 Å². The highest BCUT2D eigenvalue weighted by Gasteiger charge is 2.38. The molecule has 0 aliphatic heterocycles. The number of alkyl halides is 3. The van der Waals surface area contributed by atoms with Crippen molar-refractivity contribution >= 4 is 34.7 Å². The summed E-state index contributed by atoms with van der Waals surface area (Å²) in [6, 6.07) is 10.0. The van der Waals surface area contributed by atoms with E-state index in [0.717, 1.165) is 5.56 Å². The summed E-state index contributed by atoms with van der Waals surface area (Å²) in [5, 5.41) is 20.5. The van der Waals surface area contributed by atoms with Gasteiger partial charge in [-0.3, -0.25) is 19.4 Å². The van der Waals surface area contributed by atoms with Crippen LogP contribution in [-0.2, 0) is 11.3 Å². The number of aliphatic carboxylic acids is 1. The normalized spacial score (nSPS) is 10.9. The number of carbonyl (C=O) groups is 2. The van der Waals surface area contributed by atoms with Crippen LogP contribution in [0.4, 0.5) is 18.9 Å². The fourth-order valence-corrected chi connectivity index (χ4v) is 3.26. The number of rotatable bonds is 4. The summed E-state index contributed by atoms with van der Waals surface area (Å²) in [5.41, 5.74) is -0.665. The summed E-state index contributed by atoms with van der Waals surface area (Å²) in [5.74, 6) is -4.04. The zero-order valence-corrected chi connectivity index (χ0v) is 19.2. The van der Waals surface area contributed by atoms with Crippen molar-refractivity contribution in [2.75, 3.05) is 5.32 Å². The van der Waals surface area contributed by atoms with Crippen molar-refractivity contribution in [2.45, 2.75) is 12.7 Å². The molecule has 192 valence electrons. The van der Waals surface area contributed by atoms with Crippen LogP contribution in [0.25, 0.3) is 5.52 Å². The van der Waals surface area contributed by atoms with Crippen LogP contribution in [0.15, 0.2) is 77.0 Å². The highest BCUT2D eigenvalue weighted by molar-refractivity contribution is 6.30. The molecule has 0 radical (unpaired) electrons. The summed E-state index contributed by atoms with van der Waals surface area (Å²) in [7, 11) is 0. The van der Waals surface area contributed by atoms with E-state index in [9.17, 15) is 32.7 Å². The maximum Gasteiger partial charge on any atom is 0.490 e. The second-order valence-corrected chi connectivity index (χ2v) is 7.77. The summed E-state index contributed by atoms with van der Waals surface area (Å²) in [6.07, 6.45) is 2.14. The number of aromatic nitrogens is 3. The van der Waals surface area contributed by atoms with Crippen molar-refractivity contribution in [2.24, 2.45) is 0 Å². The van der Waals surface area contributed by atoms with E-state index in [1.807, 2.05) is 6.07 Å². The predicted molar refractivity (Wildman–Crippen MR) is 126 cm³/mol. The van der Waals surface area contributed by atoms with Gasteiger partial charge in [-0.05, 0) is 29.8 Å². The average Bonchev–Trinajstić information content (AvgIpc) is 2.84. The molecule has 0 spiro atoms. The topological polar surface area (TPSA) is 143 Å². The molecular formula is C23H16ClF3N4O6. The van der Waals surface area contributed by atoms with E-state index in [0.29, 0.717) is 10.6 Å². The van der Waals surface area contributed by atoms with Gasteiger partial charge in [-0.2, -0.15) is 13.2 Å². The van der Waals surface area contributed by atoms with Crippen LogP contribution in [-0.4, -0.2) is 42.2 Å². The van der Waals surface area contributed by atoms with Gasteiger partial charge in [-0.1, -0.05) is 23.7 Å². The Kier molecular flexibility index (Phi) is 7.98. The van der Waals surface area contributed by atoms with Crippen molar-refractivity contribution in [3.05, 3.63) is 104 Å². The molecule has 37 heavy (non-hydrogen) atoms. The molecule has 3 heterocycles. The molecule has 0 saturated carbocycles. The SMILES string of the molecule is O=C(Nc1cn2ccn(Cc3cccc(Cl)c3)c(=O)c2c(O)c1=O)c1ccncc1.O=C(O)C(F)(F)F. The second-order valence-electron chi connectivity index (χ2n) is 7.33. The molecule has 0 unspecified atom stereocenters. The first kappa shape index (κ1) is 26.9. The van der Waals surface area contributed by atoms with Gasteiger partial charge in [0.05, 0.1) is 6.54 Å². The summed E-state index contributed by atoms with van der Waals surface area (Å²) in [6.45, 7) is 0.212. The number of fused-ring (bicyclic) bond motifs is 1. The first-order valence-electron chi connectivity index (χ1n) is 10.1. The number of nitrogens with one attached hydrogen (secondary N) is 1. The maximum absolute atomic E-state index is 12.9. The average molecular weight is 537 g/mol. The Morgan fingerprint density at radius 1 is 1.08 bits per heavy atom. The lowest BCUT2D eigenvalue weighted by molar-refractivity contribution is -0.192. The third kappa shape index (κ3) is 6.52. The maximum atomic E-state index is 12.9. The zero-order valence-electron chi connectivity index (χ0n) is 18.4. The lowest BCUT2D eigenvalue weighted by atomic mass is 10.2. The number of amides is 1. The van der Waals surface area contributed by atoms with Crippen LogP contribution in [0.3, 0.4) is 0 Å². The largest absolute Gasteiger partial charge is 0.502 e. The first-order valence-corrected chi connectivity index (χ1v) is 10.5. The Hall–Kier alpha value is -4.65. The minimum absolute atomic E-state index is 0.154. The number of carboxylic acid groups (broad SMARTS) is 1. The number of nitrogens with zero attached hydrogens (tertiary/aromatic N) is 3. The first-order chi connectivity index (χ1) is 17.4. The van der Waals surface area contributed by atoms with Gasteiger partial charge in [0.25, 0.3) is 11.5 Å². The predicted octanol–water partition coefficient (Wildman–Crippen LogP) is 3.15. The molecule has 0 fully saturated rings. The van der Waals surface area contributed by atoms with Crippen molar-refractivity contribution in [3.63, 3.8) is 0 Å². The monoisotopic (exact) mass is 536 g/mol. The Labute approximate surface area is 209 Å². The van der Waals surface area contributed by atoms with Gasteiger partial charge in [-0.15, -0.1) is 0 Å². The summed E-state index contributed by atoms with van der Waals surface area (Å²) in [4.78, 5) is 50.5. The molecular weight excluding hydrogens is 521 g/mol. The summed E-state index contributed by atoms with van der Waals surface area (Å²) < 4.78 is 34.4. The van der Waals surface area contributed by atoms with E-state index < -0.39 is 34.8 Å². The molecule has 1 amide bonds. The Morgan fingerprint density at radius 2 is 1.73 bits per heavy atom. The number of benzene rings is 1. The van der Waals surface area contributed by atoms with Crippen molar-refractivity contribution < 1.29 is 33.0 Å². The standard InChI is InChI=1S/C21H15ClN4O4.C2HF3O2/c22-15-3-1-2-13(10-15)11-26-9-8-25-12-16(18(27)19(28)17(25)21(26)30)24-20(29)14-4-6-23-7-5-14;3-2(4,5)1(6)7/h1-10,12,28H,11H2,(H,24,29);(H,6,7). The van der Waals surface area contributed by atoms with E-state index in [1.165, 1.54) is 52.1 Å². The molecule has 0 aliphatic rings. The van der Waals surface area contributed by atoms with E-state index >= 15 is 0 Å².